The van der Waals surface area contributed by atoms with Crippen molar-refractivity contribution in [3.05, 3.63) is 49.3 Å². The number of rotatable bonds is 4. The third-order valence-electron chi connectivity index (χ3n) is 3.58. The molecule has 0 atom stereocenters. The Kier molecular flexibility index (Phi) is 6.69. The number of halogens is 11. The molecule has 2 aromatic rings. The molecule has 0 bridgehead atoms. The Bertz CT molecular complexity index is 1050. The van der Waals surface area contributed by atoms with Crippen molar-refractivity contribution in [2.75, 3.05) is 0 Å². The van der Waals surface area contributed by atoms with Gasteiger partial charge < -0.3 is 0 Å². The van der Waals surface area contributed by atoms with E-state index in [0.717, 1.165) is 6.07 Å². The molecule has 2 aromatic carbocycles. The zero-order valence-electron chi connectivity index (χ0n) is 13.3. The summed E-state index contributed by atoms with van der Waals surface area (Å²) in [4.78, 5) is -1.54. The Morgan fingerprint density at radius 1 is 0.828 bits per heavy atom. The third-order valence-corrected chi connectivity index (χ3v) is 7.13. The fourth-order valence-electron chi connectivity index (χ4n) is 2.21. The smallest absolute Gasteiger partial charge is 0.217 e. The lowest BCUT2D eigenvalue weighted by molar-refractivity contribution is -0.332. The highest BCUT2D eigenvalue weighted by molar-refractivity contribution is 9.11. The van der Waals surface area contributed by atoms with E-state index in [0.29, 0.717) is 6.07 Å². The predicted molar refractivity (Wildman–Crippen MR) is 100 cm³/mol. The van der Waals surface area contributed by atoms with E-state index < -0.39 is 37.6 Å². The van der Waals surface area contributed by atoms with Gasteiger partial charge in [-0.15, -0.1) is 0 Å². The molecule has 14 heteroatoms. The van der Waals surface area contributed by atoms with E-state index in [1.165, 1.54) is 18.2 Å². The number of sulfone groups is 1. The van der Waals surface area contributed by atoms with Gasteiger partial charge in [0.2, 0.25) is 0 Å². The minimum absolute atomic E-state index is 0.207. The molecule has 0 aliphatic rings. The highest BCUT2D eigenvalue weighted by Crippen LogP contribution is 2.53. The van der Waals surface area contributed by atoms with Crippen molar-refractivity contribution in [3.8, 4) is 11.1 Å². The Morgan fingerprint density at radius 2 is 1.31 bits per heavy atom. The van der Waals surface area contributed by atoms with E-state index in [4.69, 9.17) is 23.2 Å². The Hall–Kier alpha value is -0.560. The van der Waals surface area contributed by atoms with E-state index in [2.05, 4.69) is 31.9 Å². The summed E-state index contributed by atoms with van der Waals surface area (Å²) in [5, 5.41) is -7.06. The maximum atomic E-state index is 14.2. The van der Waals surface area contributed by atoms with E-state index in [9.17, 15) is 39.2 Å². The van der Waals surface area contributed by atoms with Gasteiger partial charge in [-0.25, -0.2) is 8.42 Å². The average molecular weight is 613 g/mol. The van der Waals surface area contributed by atoms with Gasteiger partial charge in [0.1, 0.15) is 0 Å². The zero-order valence-corrected chi connectivity index (χ0v) is 18.8. The first kappa shape index (κ1) is 24.7. The van der Waals surface area contributed by atoms with Gasteiger partial charge in [0.05, 0.1) is 4.90 Å². The monoisotopic (exact) mass is 610 g/mol. The van der Waals surface area contributed by atoms with E-state index in [-0.39, 0.29) is 24.6 Å². The van der Waals surface area contributed by atoms with Crippen molar-refractivity contribution in [2.45, 2.75) is 22.2 Å². The van der Waals surface area contributed by atoms with Crippen LogP contribution >= 0.6 is 55.1 Å². The third kappa shape index (κ3) is 4.02. The van der Waals surface area contributed by atoms with Crippen LogP contribution < -0.4 is 0 Å². The second-order valence-electron chi connectivity index (χ2n) is 5.45. The van der Waals surface area contributed by atoms with E-state index in [1.54, 1.807) is 0 Å². The van der Waals surface area contributed by atoms with Gasteiger partial charge in [0.25, 0.3) is 9.84 Å². The molecule has 0 saturated heterocycles. The summed E-state index contributed by atoms with van der Waals surface area (Å²) in [6, 6.07) is 5.30. The normalized spacial score (nSPS) is 13.6. The Balaban J connectivity index is 2.96. The quantitative estimate of drug-likeness (QED) is 0.331. The molecule has 0 N–H and O–H groups in total. The van der Waals surface area contributed by atoms with Crippen molar-refractivity contribution >= 4 is 64.9 Å². The predicted octanol–water partition coefficient (Wildman–Crippen LogP) is 7.75. The van der Waals surface area contributed by atoms with Gasteiger partial charge in [0.15, 0.2) is 0 Å². The second-order valence-corrected chi connectivity index (χ2v) is 9.99. The first-order valence-corrected chi connectivity index (χ1v) is 10.8. The van der Waals surface area contributed by atoms with Crippen LogP contribution in [0.5, 0.6) is 0 Å². The van der Waals surface area contributed by atoms with Crippen molar-refractivity contribution < 1.29 is 39.2 Å². The number of alkyl halides is 7. The number of hydrogen-bond acceptors (Lipinski definition) is 2. The van der Waals surface area contributed by atoms with Crippen molar-refractivity contribution in [1.82, 2.24) is 0 Å². The maximum Gasteiger partial charge on any atom is 0.461 e. The fraction of sp³-hybridized carbons (Fsp3) is 0.200. The minimum atomic E-state index is -6.88. The first-order valence-electron chi connectivity index (χ1n) is 6.97. The second kappa shape index (κ2) is 7.85. The van der Waals surface area contributed by atoms with Crippen LogP contribution in [0.25, 0.3) is 11.1 Å². The van der Waals surface area contributed by atoms with Crippen molar-refractivity contribution in [1.29, 1.82) is 0 Å². The molecule has 0 spiro atoms. The summed E-state index contributed by atoms with van der Waals surface area (Å²) >= 11 is 17.6. The van der Waals surface area contributed by atoms with Crippen molar-refractivity contribution in [3.63, 3.8) is 0 Å². The molecule has 29 heavy (non-hydrogen) atoms. The van der Waals surface area contributed by atoms with Gasteiger partial charge in [-0.2, -0.15) is 30.7 Å². The summed E-state index contributed by atoms with van der Waals surface area (Å²) in [6.07, 6.45) is -6.84. The molecule has 0 saturated carbocycles. The molecular weight excluding hydrogens is 608 g/mol. The molecule has 0 fully saturated rings. The van der Waals surface area contributed by atoms with Gasteiger partial charge in [-0.1, -0.05) is 61.1 Å². The van der Waals surface area contributed by atoms with Gasteiger partial charge >= 0.3 is 17.4 Å². The average Bonchev–Trinajstić information content (AvgIpc) is 2.54. The molecule has 0 aromatic heterocycles. The van der Waals surface area contributed by atoms with Gasteiger partial charge in [0, 0.05) is 30.1 Å². The summed E-state index contributed by atoms with van der Waals surface area (Å²) < 4.78 is 117. The zero-order chi connectivity index (χ0) is 22.6. The van der Waals surface area contributed by atoms with Crippen LogP contribution in [-0.2, 0) is 9.84 Å². The molecular formula is C15H5Br2Cl2F7O2S. The minimum Gasteiger partial charge on any atom is -0.217 e. The SMILES string of the molecule is O=S(=O)(c1cc(Br)cc(Br)c1-c1c(Cl)cccc1Cl)C(F)(F)C(F)(F)C(F)(F)F. The first-order chi connectivity index (χ1) is 13.0. The van der Waals surface area contributed by atoms with Gasteiger partial charge in [-0.05, 0) is 24.3 Å². The van der Waals surface area contributed by atoms with Crippen LogP contribution in [0.15, 0.2) is 44.2 Å². The molecule has 0 amide bonds. The molecule has 0 aliphatic heterocycles. The van der Waals surface area contributed by atoms with Crippen LogP contribution in [0.2, 0.25) is 10.0 Å². The van der Waals surface area contributed by atoms with Crippen LogP contribution in [0.4, 0.5) is 30.7 Å². The van der Waals surface area contributed by atoms with Crippen LogP contribution in [0.1, 0.15) is 0 Å². The van der Waals surface area contributed by atoms with Gasteiger partial charge in [-0.3, -0.25) is 0 Å². The molecule has 0 unspecified atom stereocenters. The Morgan fingerprint density at radius 3 is 1.76 bits per heavy atom. The molecule has 160 valence electrons. The van der Waals surface area contributed by atoms with E-state index in [1.807, 2.05) is 0 Å². The molecule has 2 rings (SSSR count). The number of hydrogen-bond donors (Lipinski definition) is 0. The molecule has 2 nitrogen and oxygen atoms in total. The lowest BCUT2D eigenvalue weighted by Crippen LogP contribution is -2.56. The molecule has 0 heterocycles. The van der Waals surface area contributed by atoms with E-state index >= 15 is 0 Å². The van der Waals surface area contributed by atoms with Crippen molar-refractivity contribution in [2.24, 2.45) is 0 Å². The fourth-order valence-corrected chi connectivity index (χ4v) is 6.00. The molecule has 0 aliphatic carbocycles. The highest BCUT2D eigenvalue weighted by Gasteiger charge is 2.78. The lowest BCUT2D eigenvalue weighted by atomic mass is 10.1. The summed E-state index contributed by atoms with van der Waals surface area (Å²) in [5.41, 5.74) is -1.07. The summed E-state index contributed by atoms with van der Waals surface area (Å²) in [5.74, 6) is -6.88. The van der Waals surface area contributed by atoms with Crippen LogP contribution in [0.3, 0.4) is 0 Å². The highest BCUT2D eigenvalue weighted by atomic mass is 79.9. The lowest BCUT2D eigenvalue weighted by Gasteiger charge is -2.28. The van der Waals surface area contributed by atoms with Crippen LogP contribution in [0, 0.1) is 0 Å². The molecule has 0 radical (unpaired) electrons. The largest absolute Gasteiger partial charge is 0.461 e. The number of benzene rings is 2. The standard InChI is InChI=1S/C15H5Br2Cl2F7O2S/c16-6-4-7(17)11(12-8(18)2-1-3-9(12)19)10(5-6)29(27,28)15(25,26)13(20,21)14(22,23)24/h1-5H. The maximum absolute atomic E-state index is 14.2. The topological polar surface area (TPSA) is 34.1 Å². The Labute approximate surface area is 186 Å². The summed E-state index contributed by atoms with van der Waals surface area (Å²) in [7, 11) is -6.62. The van der Waals surface area contributed by atoms with Crippen LogP contribution in [-0.4, -0.2) is 25.8 Å². The summed E-state index contributed by atoms with van der Waals surface area (Å²) in [6.45, 7) is 0.